The van der Waals surface area contributed by atoms with Crippen molar-refractivity contribution < 1.29 is 9.53 Å². The van der Waals surface area contributed by atoms with Crippen LogP contribution in [0, 0.1) is 0 Å². The van der Waals surface area contributed by atoms with Crippen LogP contribution in [0.4, 0.5) is 0 Å². The Labute approximate surface area is 84.1 Å². The molecule has 1 aromatic carbocycles. The minimum absolute atomic E-state index is 0.0267. The molecule has 0 radical (unpaired) electrons. The average molecular weight is 193 g/mol. The molecule has 1 amide bonds. The molecule has 0 fully saturated rings. The molecule has 1 unspecified atom stereocenters. The van der Waals surface area contributed by atoms with Crippen molar-refractivity contribution in [3.63, 3.8) is 0 Å². The Kier molecular flexibility index (Phi) is 4.13. The zero-order valence-electron chi connectivity index (χ0n) is 8.49. The zero-order valence-corrected chi connectivity index (χ0v) is 8.49. The number of nitrogens with one attached hydrogen (secondary N) is 1. The first-order valence-corrected chi connectivity index (χ1v) is 4.57. The third kappa shape index (κ3) is 3.18. The van der Waals surface area contributed by atoms with Gasteiger partial charge in [-0.2, -0.15) is 0 Å². The van der Waals surface area contributed by atoms with Gasteiger partial charge in [-0.25, -0.2) is 0 Å². The largest absolute Gasteiger partial charge is 0.375 e. The van der Waals surface area contributed by atoms with Crippen molar-refractivity contribution in [2.45, 2.75) is 13.0 Å². The average Bonchev–Trinajstić information content (AvgIpc) is 2.19. The van der Waals surface area contributed by atoms with E-state index in [0.717, 1.165) is 5.56 Å². The number of rotatable bonds is 4. The summed E-state index contributed by atoms with van der Waals surface area (Å²) in [5.41, 5.74) is 1.09. The minimum Gasteiger partial charge on any atom is -0.375 e. The summed E-state index contributed by atoms with van der Waals surface area (Å²) in [4.78, 5) is 11.2. The summed E-state index contributed by atoms with van der Waals surface area (Å²) in [6, 6.07) is 9.85. The molecule has 1 aromatic rings. The second-order valence-corrected chi connectivity index (χ2v) is 3.13. The summed E-state index contributed by atoms with van der Waals surface area (Å²) in [5.74, 6) is -0.0937. The number of benzene rings is 1. The van der Waals surface area contributed by atoms with Crippen molar-refractivity contribution in [1.82, 2.24) is 5.32 Å². The van der Waals surface area contributed by atoms with E-state index in [0.29, 0.717) is 0 Å². The third-order valence-corrected chi connectivity index (χ3v) is 1.95. The SMILES string of the molecule is COCC(=O)NC(C)c1ccccc1. The molecule has 0 bridgehead atoms. The highest BCUT2D eigenvalue weighted by molar-refractivity contribution is 5.77. The van der Waals surface area contributed by atoms with Crippen molar-refractivity contribution in [1.29, 1.82) is 0 Å². The van der Waals surface area contributed by atoms with Crippen LogP contribution in [0.5, 0.6) is 0 Å². The van der Waals surface area contributed by atoms with Crippen LogP contribution in [0.2, 0.25) is 0 Å². The van der Waals surface area contributed by atoms with Crippen molar-refractivity contribution >= 4 is 5.91 Å². The Hall–Kier alpha value is -1.35. The number of methoxy groups -OCH3 is 1. The topological polar surface area (TPSA) is 38.3 Å². The van der Waals surface area contributed by atoms with Gasteiger partial charge in [-0.3, -0.25) is 4.79 Å². The molecule has 0 saturated carbocycles. The fourth-order valence-electron chi connectivity index (χ4n) is 1.24. The number of carbonyl (C=O) groups excluding carboxylic acids is 1. The summed E-state index contributed by atoms with van der Waals surface area (Å²) in [6.07, 6.45) is 0. The molecule has 1 atom stereocenters. The van der Waals surface area contributed by atoms with Crippen molar-refractivity contribution in [3.8, 4) is 0 Å². The van der Waals surface area contributed by atoms with E-state index in [2.05, 4.69) is 5.32 Å². The summed E-state index contributed by atoms with van der Waals surface area (Å²) < 4.78 is 4.73. The number of amides is 1. The number of hydrogen-bond acceptors (Lipinski definition) is 2. The van der Waals surface area contributed by atoms with Crippen LogP contribution < -0.4 is 5.32 Å². The Morgan fingerprint density at radius 3 is 2.64 bits per heavy atom. The maximum absolute atomic E-state index is 11.2. The van der Waals surface area contributed by atoms with Crippen LogP contribution in [0.25, 0.3) is 0 Å². The number of carbonyl (C=O) groups is 1. The minimum atomic E-state index is -0.0937. The molecule has 0 aliphatic carbocycles. The predicted molar refractivity (Wildman–Crippen MR) is 54.9 cm³/mol. The summed E-state index contributed by atoms with van der Waals surface area (Å²) in [5, 5.41) is 2.83. The van der Waals surface area contributed by atoms with Gasteiger partial charge in [-0.05, 0) is 12.5 Å². The van der Waals surface area contributed by atoms with Crippen LogP contribution in [-0.2, 0) is 9.53 Å². The summed E-state index contributed by atoms with van der Waals surface area (Å²) >= 11 is 0. The molecule has 0 aliphatic heterocycles. The third-order valence-electron chi connectivity index (χ3n) is 1.95. The van der Waals surface area contributed by atoms with Gasteiger partial charge in [-0.15, -0.1) is 0 Å². The molecule has 0 saturated heterocycles. The monoisotopic (exact) mass is 193 g/mol. The summed E-state index contributed by atoms with van der Waals surface area (Å²) in [7, 11) is 1.51. The molecular weight excluding hydrogens is 178 g/mol. The second-order valence-electron chi connectivity index (χ2n) is 3.13. The van der Waals surface area contributed by atoms with Crippen LogP contribution in [0.15, 0.2) is 30.3 Å². The van der Waals surface area contributed by atoms with Crippen molar-refractivity contribution in [2.24, 2.45) is 0 Å². The van der Waals surface area contributed by atoms with Crippen LogP contribution in [-0.4, -0.2) is 19.6 Å². The van der Waals surface area contributed by atoms with E-state index in [1.165, 1.54) is 7.11 Å². The lowest BCUT2D eigenvalue weighted by Gasteiger charge is -2.13. The maximum Gasteiger partial charge on any atom is 0.246 e. The molecule has 76 valence electrons. The van der Waals surface area contributed by atoms with Gasteiger partial charge in [-0.1, -0.05) is 30.3 Å². The first kappa shape index (κ1) is 10.7. The van der Waals surface area contributed by atoms with Gasteiger partial charge in [0.05, 0.1) is 6.04 Å². The van der Waals surface area contributed by atoms with E-state index in [1.54, 1.807) is 0 Å². The fourth-order valence-corrected chi connectivity index (χ4v) is 1.24. The van der Waals surface area contributed by atoms with E-state index >= 15 is 0 Å². The quantitative estimate of drug-likeness (QED) is 0.787. The lowest BCUT2D eigenvalue weighted by molar-refractivity contribution is -0.125. The van der Waals surface area contributed by atoms with Crippen LogP contribution in [0.1, 0.15) is 18.5 Å². The van der Waals surface area contributed by atoms with Gasteiger partial charge < -0.3 is 10.1 Å². The molecule has 0 aliphatic rings. The molecule has 0 heterocycles. The first-order valence-electron chi connectivity index (χ1n) is 4.57. The Morgan fingerprint density at radius 1 is 1.43 bits per heavy atom. The highest BCUT2D eigenvalue weighted by Crippen LogP contribution is 2.10. The fraction of sp³-hybridized carbons (Fsp3) is 0.364. The van der Waals surface area contributed by atoms with Crippen LogP contribution in [0.3, 0.4) is 0 Å². The van der Waals surface area contributed by atoms with E-state index in [9.17, 15) is 4.79 Å². The van der Waals surface area contributed by atoms with Crippen molar-refractivity contribution in [3.05, 3.63) is 35.9 Å². The molecule has 3 heteroatoms. The number of ether oxygens (including phenoxy) is 1. The molecule has 3 nitrogen and oxygen atoms in total. The van der Waals surface area contributed by atoms with E-state index in [-0.39, 0.29) is 18.6 Å². The van der Waals surface area contributed by atoms with Gasteiger partial charge in [0, 0.05) is 7.11 Å². The second kappa shape index (κ2) is 5.40. The van der Waals surface area contributed by atoms with Gasteiger partial charge in [0.15, 0.2) is 0 Å². The van der Waals surface area contributed by atoms with Gasteiger partial charge in [0.2, 0.25) is 5.91 Å². The smallest absolute Gasteiger partial charge is 0.246 e. The molecule has 14 heavy (non-hydrogen) atoms. The summed E-state index contributed by atoms with van der Waals surface area (Å²) in [6.45, 7) is 2.06. The first-order chi connectivity index (χ1) is 6.74. The molecular formula is C11H15NO2. The standard InChI is InChI=1S/C11H15NO2/c1-9(12-11(13)8-14-2)10-6-4-3-5-7-10/h3-7,9H,8H2,1-2H3,(H,12,13). The highest BCUT2D eigenvalue weighted by Gasteiger charge is 2.07. The molecule has 0 spiro atoms. The normalized spacial score (nSPS) is 12.1. The predicted octanol–water partition coefficient (Wildman–Crippen LogP) is 1.51. The molecule has 1 N–H and O–H groups in total. The van der Waals surface area contributed by atoms with Gasteiger partial charge >= 0.3 is 0 Å². The lowest BCUT2D eigenvalue weighted by atomic mass is 10.1. The molecule has 1 rings (SSSR count). The maximum atomic E-state index is 11.2. The van der Waals surface area contributed by atoms with Crippen LogP contribution >= 0.6 is 0 Å². The Balaban J connectivity index is 2.50. The van der Waals surface area contributed by atoms with E-state index < -0.39 is 0 Å². The number of hydrogen-bond donors (Lipinski definition) is 1. The van der Waals surface area contributed by atoms with Gasteiger partial charge in [0.1, 0.15) is 6.61 Å². The molecule has 0 aromatic heterocycles. The Morgan fingerprint density at radius 2 is 2.07 bits per heavy atom. The Bertz CT molecular complexity index is 285. The van der Waals surface area contributed by atoms with E-state index in [1.807, 2.05) is 37.3 Å². The van der Waals surface area contributed by atoms with Gasteiger partial charge in [0.25, 0.3) is 0 Å². The van der Waals surface area contributed by atoms with E-state index in [4.69, 9.17) is 4.74 Å². The zero-order chi connectivity index (χ0) is 10.4. The highest BCUT2D eigenvalue weighted by atomic mass is 16.5. The van der Waals surface area contributed by atoms with Crippen molar-refractivity contribution in [2.75, 3.05) is 13.7 Å². The lowest BCUT2D eigenvalue weighted by Crippen LogP contribution is -2.29.